The molecule has 0 saturated carbocycles. The minimum absolute atomic E-state index is 0.0699. The summed E-state index contributed by atoms with van der Waals surface area (Å²) in [5, 5.41) is 14.4. The van der Waals surface area contributed by atoms with Crippen LogP contribution in [0.1, 0.15) is 66.2 Å². The number of nitrogens with one attached hydrogen (secondary N) is 2. The predicted octanol–water partition coefficient (Wildman–Crippen LogP) is 3.15. The molecule has 0 bridgehead atoms. The Morgan fingerprint density at radius 3 is 2.45 bits per heavy atom. The molecule has 20 heavy (non-hydrogen) atoms. The Balaban J connectivity index is 3.81. The molecule has 3 N–H and O–H groups in total. The number of carboxylic acid groups (broad SMARTS) is 1. The van der Waals surface area contributed by atoms with E-state index in [1.165, 1.54) is 0 Å². The number of carbonyl (C=O) groups excluding carboxylic acids is 1. The molecule has 5 heteroatoms. The third-order valence-electron chi connectivity index (χ3n) is 3.47. The van der Waals surface area contributed by atoms with Crippen LogP contribution in [0, 0.1) is 5.41 Å². The lowest BCUT2D eigenvalue weighted by atomic mass is 9.84. The van der Waals surface area contributed by atoms with Gasteiger partial charge >= 0.3 is 12.0 Å². The summed E-state index contributed by atoms with van der Waals surface area (Å²) < 4.78 is 0. The van der Waals surface area contributed by atoms with Crippen LogP contribution < -0.4 is 10.6 Å². The SMILES string of the molecule is CCCCC(C)NC(=O)NCCC(C)(C)CCC(=O)O. The third kappa shape index (κ3) is 10.6. The topological polar surface area (TPSA) is 78.4 Å². The van der Waals surface area contributed by atoms with Gasteiger partial charge in [0.15, 0.2) is 0 Å². The molecule has 0 aromatic carbocycles. The van der Waals surface area contributed by atoms with Gasteiger partial charge in [0, 0.05) is 19.0 Å². The van der Waals surface area contributed by atoms with Crippen LogP contribution in [-0.2, 0) is 4.79 Å². The number of unbranched alkanes of at least 4 members (excludes halogenated alkanes) is 1. The Morgan fingerprint density at radius 2 is 1.90 bits per heavy atom. The van der Waals surface area contributed by atoms with Crippen molar-refractivity contribution in [3.05, 3.63) is 0 Å². The summed E-state index contributed by atoms with van der Waals surface area (Å²) in [5.41, 5.74) is -0.0699. The predicted molar refractivity (Wildman–Crippen MR) is 80.8 cm³/mol. The fourth-order valence-electron chi connectivity index (χ4n) is 1.94. The molecule has 0 aromatic rings. The van der Waals surface area contributed by atoms with Gasteiger partial charge in [-0.15, -0.1) is 0 Å². The number of hydrogen-bond acceptors (Lipinski definition) is 2. The van der Waals surface area contributed by atoms with Crippen molar-refractivity contribution in [1.29, 1.82) is 0 Å². The molecule has 0 aliphatic carbocycles. The summed E-state index contributed by atoms with van der Waals surface area (Å²) in [5.74, 6) is -0.770. The van der Waals surface area contributed by atoms with E-state index in [1.54, 1.807) is 0 Å². The quantitative estimate of drug-likeness (QED) is 0.577. The van der Waals surface area contributed by atoms with Gasteiger partial charge in [0.05, 0.1) is 0 Å². The number of amides is 2. The molecule has 5 nitrogen and oxygen atoms in total. The van der Waals surface area contributed by atoms with Crippen molar-refractivity contribution in [2.24, 2.45) is 5.41 Å². The fourth-order valence-corrected chi connectivity index (χ4v) is 1.94. The van der Waals surface area contributed by atoms with Gasteiger partial charge in [-0.25, -0.2) is 4.79 Å². The number of rotatable bonds is 10. The second kappa shape index (κ2) is 9.61. The van der Waals surface area contributed by atoms with Gasteiger partial charge in [0.25, 0.3) is 0 Å². The van der Waals surface area contributed by atoms with Crippen LogP contribution in [0.15, 0.2) is 0 Å². The van der Waals surface area contributed by atoms with Crippen molar-refractivity contribution in [2.75, 3.05) is 6.54 Å². The lowest BCUT2D eigenvalue weighted by Gasteiger charge is -2.24. The highest BCUT2D eigenvalue weighted by Gasteiger charge is 2.19. The Kier molecular flexibility index (Phi) is 9.01. The Labute approximate surface area is 122 Å². The van der Waals surface area contributed by atoms with Gasteiger partial charge in [0.2, 0.25) is 0 Å². The molecule has 0 spiro atoms. The Morgan fingerprint density at radius 1 is 1.25 bits per heavy atom. The summed E-state index contributed by atoms with van der Waals surface area (Å²) >= 11 is 0. The molecule has 0 rings (SSSR count). The first kappa shape index (κ1) is 18.7. The van der Waals surface area contributed by atoms with Crippen LogP contribution in [0.4, 0.5) is 4.79 Å². The van der Waals surface area contributed by atoms with Gasteiger partial charge < -0.3 is 15.7 Å². The molecule has 1 unspecified atom stereocenters. The largest absolute Gasteiger partial charge is 0.481 e. The average molecular weight is 286 g/mol. The first-order valence-corrected chi connectivity index (χ1v) is 7.53. The molecule has 1 atom stereocenters. The number of aliphatic carboxylic acids is 1. The van der Waals surface area contributed by atoms with E-state index in [0.717, 1.165) is 25.7 Å². The van der Waals surface area contributed by atoms with E-state index in [0.29, 0.717) is 13.0 Å². The monoisotopic (exact) mass is 286 g/mol. The minimum atomic E-state index is -0.770. The van der Waals surface area contributed by atoms with Gasteiger partial charge in [-0.1, -0.05) is 33.6 Å². The molecule has 0 aliphatic heterocycles. The first-order chi connectivity index (χ1) is 9.26. The van der Waals surface area contributed by atoms with E-state index >= 15 is 0 Å². The lowest BCUT2D eigenvalue weighted by molar-refractivity contribution is -0.137. The zero-order valence-corrected chi connectivity index (χ0v) is 13.3. The first-order valence-electron chi connectivity index (χ1n) is 7.53. The van der Waals surface area contributed by atoms with Crippen LogP contribution in [0.3, 0.4) is 0 Å². The van der Waals surface area contributed by atoms with E-state index in [2.05, 4.69) is 17.6 Å². The summed E-state index contributed by atoms with van der Waals surface area (Å²) in [6.07, 6.45) is 4.81. The highest BCUT2D eigenvalue weighted by Crippen LogP contribution is 2.25. The number of hydrogen-bond donors (Lipinski definition) is 3. The van der Waals surface area contributed by atoms with Gasteiger partial charge in [0.1, 0.15) is 0 Å². The van der Waals surface area contributed by atoms with Crippen LogP contribution in [0.2, 0.25) is 0 Å². The van der Waals surface area contributed by atoms with Gasteiger partial charge in [-0.2, -0.15) is 0 Å². The smallest absolute Gasteiger partial charge is 0.314 e. The summed E-state index contributed by atoms with van der Waals surface area (Å²) in [6, 6.07) is 0.0533. The molecule has 2 amide bonds. The highest BCUT2D eigenvalue weighted by molar-refractivity contribution is 5.74. The molecule has 118 valence electrons. The standard InChI is InChI=1S/C15H30N2O3/c1-5-6-7-12(2)17-14(20)16-11-10-15(3,4)9-8-13(18)19/h12H,5-11H2,1-4H3,(H,18,19)(H2,16,17,20). The summed E-state index contributed by atoms with van der Waals surface area (Å²) in [7, 11) is 0. The fraction of sp³-hybridized carbons (Fsp3) is 0.867. The van der Waals surface area contributed by atoms with Crippen LogP contribution in [-0.4, -0.2) is 29.7 Å². The zero-order chi connectivity index (χ0) is 15.6. The summed E-state index contributed by atoms with van der Waals surface area (Å²) in [6.45, 7) is 8.76. The number of carbonyl (C=O) groups is 2. The third-order valence-corrected chi connectivity index (χ3v) is 3.47. The molecule has 0 fully saturated rings. The van der Waals surface area contributed by atoms with E-state index in [-0.39, 0.29) is 23.9 Å². The van der Waals surface area contributed by atoms with Crippen LogP contribution in [0.25, 0.3) is 0 Å². The number of urea groups is 1. The molecule has 0 aliphatic rings. The zero-order valence-electron chi connectivity index (χ0n) is 13.3. The molecular weight excluding hydrogens is 256 g/mol. The molecule has 0 aromatic heterocycles. The van der Waals surface area contributed by atoms with Crippen LogP contribution >= 0.6 is 0 Å². The maximum Gasteiger partial charge on any atom is 0.314 e. The van der Waals surface area contributed by atoms with Crippen molar-refractivity contribution in [3.63, 3.8) is 0 Å². The van der Waals surface area contributed by atoms with Gasteiger partial charge in [-0.3, -0.25) is 4.79 Å². The maximum absolute atomic E-state index is 11.7. The molecule has 0 saturated heterocycles. The molecular formula is C15H30N2O3. The number of carboxylic acids is 1. The van der Waals surface area contributed by atoms with E-state index in [4.69, 9.17) is 5.11 Å². The second-order valence-corrected chi connectivity index (χ2v) is 6.25. The molecule has 0 radical (unpaired) electrons. The Hall–Kier alpha value is -1.26. The van der Waals surface area contributed by atoms with Crippen molar-refractivity contribution in [2.45, 2.75) is 72.3 Å². The normalized spacial score (nSPS) is 12.8. The van der Waals surface area contributed by atoms with Gasteiger partial charge in [-0.05, 0) is 31.6 Å². The van der Waals surface area contributed by atoms with Crippen LogP contribution in [0.5, 0.6) is 0 Å². The summed E-state index contributed by atoms with van der Waals surface area (Å²) in [4.78, 5) is 22.2. The second-order valence-electron chi connectivity index (χ2n) is 6.25. The van der Waals surface area contributed by atoms with Crippen molar-refractivity contribution >= 4 is 12.0 Å². The van der Waals surface area contributed by atoms with E-state index < -0.39 is 5.97 Å². The molecule has 0 heterocycles. The average Bonchev–Trinajstić information content (AvgIpc) is 2.33. The van der Waals surface area contributed by atoms with Crippen molar-refractivity contribution in [1.82, 2.24) is 10.6 Å². The van der Waals surface area contributed by atoms with Crippen molar-refractivity contribution < 1.29 is 14.7 Å². The van der Waals surface area contributed by atoms with E-state index in [9.17, 15) is 9.59 Å². The lowest BCUT2D eigenvalue weighted by Crippen LogP contribution is -2.41. The minimum Gasteiger partial charge on any atom is -0.481 e. The highest BCUT2D eigenvalue weighted by atomic mass is 16.4. The Bertz CT molecular complexity index is 303. The van der Waals surface area contributed by atoms with Crippen molar-refractivity contribution in [3.8, 4) is 0 Å². The van der Waals surface area contributed by atoms with E-state index in [1.807, 2.05) is 20.8 Å². The maximum atomic E-state index is 11.7.